The smallest absolute Gasteiger partial charge is 0.108 e. The van der Waals surface area contributed by atoms with E-state index in [1.807, 2.05) is 0 Å². The number of benzene rings is 4. The molecule has 0 aliphatic heterocycles. The van der Waals surface area contributed by atoms with E-state index in [0.29, 0.717) is 0 Å². The van der Waals surface area contributed by atoms with Crippen LogP contribution in [0.4, 0.5) is 0 Å². The first-order valence-electron chi connectivity index (χ1n) is 16.0. The SMILES string of the molecule is C=CC[P+](CCCC)(CCCC)CCCC.c1ccc([B-](c2ccccc2)(c2ccccc2)c2ccccc2)cc1. The van der Waals surface area contributed by atoms with Crippen molar-refractivity contribution in [2.45, 2.75) is 59.3 Å². The Morgan fingerprint density at radius 3 is 0.976 bits per heavy atom. The molecule has 0 N–H and O–H groups in total. The fourth-order valence-corrected chi connectivity index (χ4v) is 11.2. The summed E-state index contributed by atoms with van der Waals surface area (Å²) in [5, 5.41) is 0. The molecule has 4 rings (SSSR count). The molecule has 0 aliphatic rings. The van der Waals surface area contributed by atoms with Crippen LogP contribution < -0.4 is 21.9 Å². The number of hydrogen-bond acceptors (Lipinski definition) is 0. The monoisotopic (exact) mass is 562 g/mol. The Hall–Kier alpha value is -2.89. The molecule has 0 radical (unpaired) electrons. The fraction of sp³-hybridized carbons (Fsp3) is 0.333. The summed E-state index contributed by atoms with van der Waals surface area (Å²) < 4.78 is 0. The highest BCUT2D eigenvalue weighted by Gasteiger charge is 2.34. The molecule has 0 bridgehead atoms. The summed E-state index contributed by atoms with van der Waals surface area (Å²) in [6.45, 7) is 11.0. The maximum absolute atomic E-state index is 4.00. The highest BCUT2D eigenvalue weighted by atomic mass is 31.2. The molecule has 0 saturated heterocycles. The van der Waals surface area contributed by atoms with Gasteiger partial charge in [-0.15, -0.1) is 0 Å². The molecule has 0 nitrogen and oxygen atoms in total. The van der Waals surface area contributed by atoms with Gasteiger partial charge in [0.25, 0.3) is 0 Å². The van der Waals surface area contributed by atoms with Gasteiger partial charge >= 0.3 is 0 Å². The Morgan fingerprint density at radius 2 is 0.756 bits per heavy atom. The van der Waals surface area contributed by atoms with Gasteiger partial charge in [-0.3, -0.25) is 0 Å². The van der Waals surface area contributed by atoms with Gasteiger partial charge in [0.2, 0.25) is 0 Å². The predicted molar refractivity (Wildman–Crippen MR) is 191 cm³/mol. The van der Waals surface area contributed by atoms with E-state index in [4.69, 9.17) is 0 Å². The number of rotatable bonds is 15. The van der Waals surface area contributed by atoms with Gasteiger partial charge < -0.3 is 0 Å². The number of unbranched alkanes of at least 4 members (excludes halogenated alkanes) is 3. The molecule has 0 atom stereocenters. The maximum atomic E-state index is 4.00. The third-order valence-corrected chi connectivity index (χ3v) is 13.5. The molecule has 0 spiro atoms. The van der Waals surface area contributed by atoms with Crippen LogP contribution in [0.1, 0.15) is 59.3 Å². The van der Waals surface area contributed by atoms with Crippen molar-refractivity contribution in [1.29, 1.82) is 0 Å². The molecular weight excluding hydrogens is 510 g/mol. The second kappa shape index (κ2) is 17.8. The van der Waals surface area contributed by atoms with Gasteiger partial charge in [-0.25, -0.2) is 0 Å². The van der Waals surface area contributed by atoms with Crippen LogP contribution in [-0.2, 0) is 0 Å². The second-order valence-corrected chi connectivity index (χ2v) is 15.9. The van der Waals surface area contributed by atoms with Crippen LogP contribution in [-0.4, -0.2) is 30.8 Å². The van der Waals surface area contributed by atoms with Crippen molar-refractivity contribution in [1.82, 2.24) is 0 Å². The molecule has 0 aromatic heterocycles. The van der Waals surface area contributed by atoms with Crippen LogP contribution in [0.3, 0.4) is 0 Å². The fourth-order valence-electron chi connectivity index (χ4n) is 6.49. The quantitative estimate of drug-likeness (QED) is 0.0773. The molecular formula is C39H52BP. The highest BCUT2D eigenvalue weighted by molar-refractivity contribution is 7.76. The molecule has 216 valence electrons. The van der Waals surface area contributed by atoms with Crippen LogP contribution in [0.15, 0.2) is 134 Å². The minimum absolute atomic E-state index is 0.664. The lowest BCUT2D eigenvalue weighted by molar-refractivity contribution is 0.836. The van der Waals surface area contributed by atoms with Crippen LogP contribution in [0.25, 0.3) is 0 Å². The number of hydrogen-bond donors (Lipinski definition) is 0. The first-order chi connectivity index (χ1) is 20.2. The van der Waals surface area contributed by atoms with Crippen LogP contribution in [0.5, 0.6) is 0 Å². The minimum Gasteiger partial charge on any atom is -0.195 e. The molecule has 2 heteroatoms. The van der Waals surface area contributed by atoms with E-state index in [0.717, 1.165) is 0 Å². The molecule has 0 amide bonds. The normalized spacial score (nSPS) is 11.4. The van der Waals surface area contributed by atoms with Crippen molar-refractivity contribution >= 4 is 35.3 Å². The molecule has 4 aromatic carbocycles. The zero-order chi connectivity index (χ0) is 29.2. The Balaban J connectivity index is 0.000000253. The Kier molecular flexibility index (Phi) is 14.2. The molecule has 0 unspecified atom stereocenters. The first-order valence-corrected chi connectivity index (χ1v) is 18.5. The van der Waals surface area contributed by atoms with Crippen molar-refractivity contribution in [2.75, 3.05) is 24.6 Å². The van der Waals surface area contributed by atoms with E-state index in [1.54, 1.807) is 0 Å². The lowest BCUT2D eigenvalue weighted by atomic mass is 9.13. The van der Waals surface area contributed by atoms with Crippen molar-refractivity contribution < 1.29 is 0 Å². The zero-order valence-electron chi connectivity index (χ0n) is 25.9. The summed E-state index contributed by atoms with van der Waals surface area (Å²) in [5.41, 5.74) is 5.36. The Labute approximate surface area is 252 Å². The van der Waals surface area contributed by atoms with Crippen molar-refractivity contribution in [3.8, 4) is 0 Å². The lowest BCUT2D eigenvalue weighted by Gasteiger charge is -2.44. The number of allylic oxidation sites excluding steroid dienone is 1. The summed E-state index contributed by atoms with van der Waals surface area (Å²) in [4.78, 5) is 0. The summed E-state index contributed by atoms with van der Waals surface area (Å²) >= 11 is 0. The van der Waals surface area contributed by atoms with Crippen molar-refractivity contribution in [3.63, 3.8) is 0 Å². The van der Waals surface area contributed by atoms with Gasteiger partial charge in [0.15, 0.2) is 0 Å². The Morgan fingerprint density at radius 1 is 0.488 bits per heavy atom. The van der Waals surface area contributed by atoms with Gasteiger partial charge in [-0.1, -0.05) is 174 Å². The Bertz CT molecular complexity index is 1040. The summed E-state index contributed by atoms with van der Waals surface area (Å²) in [6.07, 6.45) is 15.3. The van der Waals surface area contributed by atoms with Gasteiger partial charge in [0.05, 0.1) is 24.6 Å². The summed E-state index contributed by atoms with van der Waals surface area (Å²) in [5.74, 6) is 0. The minimum atomic E-state index is -1.22. The standard InChI is InChI=1S/C24H20B.C15H32P/c1-5-13-21(14-6-1)25(22-15-7-2-8-16-22,23-17-9-3-10-18-23)24-19-11-4-12-20-24;1-5-9-13-16(12-8-4,14-10-6-2)15-11-7-3/h1-20H;8H,4-7,9-15H2,1-3H3/q-1;+1. The average Bonchev–Trinajstić information content (AvgIpc) is 3.05. The van der Waals surface area contributed by atoms with E-state index in [-0.39, 0.29) is 0 Å². The average molecular weight is 563 g/mol. The first kappa shape index (κ1) is 32.6. The third kappa shape index (κ3) is 8.80. The zero-order valence-corrected chi connectivity index (χ0v) is 26.8. The van der Waals surface area contributed by atoms with Gasteiger partial charge in [-0.2, -0.15) is 21.9 Å². The third-order valence-electron chi connectivity index (χ3n) is 8.67. The van der Waals surface area contributed by atoms with E-state index >= 15 is 0 Å². The molecule has 0 saturated carbocycles. The van der Waals surface area contributed by atoms with Crippen molar-refractivity contribution in [2.24, 2.45) is 0 Å². The summed E-state index contributed by atoms with van der Waals surface area (Å²) in [6, 6.07) is 43.5. The molecule has 0 aliphatic carbocycles. The van der Waals surface area contributed by atoms with Crippen LogP contribution in [0.2, 0.25) is 0 Å². The van der Waals surface area contributed by atoms with Gasteiger partial charge in [0, 0.05) is 7.26 Å². The lowest BCUT2D eigenvalue weighted by Crippen LogP contribution is -2.74. The topological polar surface area (TPSA) is 0 Å². The molecule has 4 aromatic rings. The highest BCUT2D eigenvalue weighted by Crippen LogP contribution is 2.60. The van der Waals surface area contributed by atoms with E-state index in [1.165, 1.54) is 85.0 Å². The van der Waals surface area contributed by atoms with Crippen LogP contribution in [0, 0.1) is 0 Å². The summed E-state index contributed by atoms with van der Waals surface area (Å²) in [7, 11) is -0.664. The van der Waals surface area contributed by atoms with E-state index in [9.17, 15) is 0 Å². The van der Waals surface area contributed by atoms with Gasteiger partial charge in [-0.05, 0) is 19.3 Å². The molecule has 41 heavy (non-hydrogen) atoms. The van der Waals surface area contributed by atoms with Crippen molar-refractivity contribution in [3.05, 3.63) is 134 Å². The van der Waals surface area contributed by atoms with Gasteiger partial charge in [0.1, 0.15) is 6.15 Å². The van der Waals surface area contributed by atoms with Crippen LogP contribution >= 0.6 is 7.26 Å². The molecule has 0 heterocycles. The second-order valence-electron chi connectivity index (χ2n) is 11.6. The van der Waals surface area contributed by atoms with E-state index in [2.05, 4.69) is 155 Å². The largest absolute Gasteiger partial charge is 0.195 e. The maximum Gasteiger partial charge on any atom is 0.108 e. The predicted octanol–water partition coefficient (Wildman–Crippen LogP) is 8.65. The molecule has 0 fully saturated rings. The van der Waals surface area contributed by atoms with E-state index < -0.39 is 13.4 Å².